The number of fused-ring (bicyclic) bond motifs is 1. The molecule has 7 heteroatoms. The minimum absolute atomic E-state index is 0.352. The molecule has 0 fully saturated rings. The van der Waals surface area contributed by atoms with Crippen LogP contribution in [0.1, 0.15) is 17.8 Å². The van der Waals surface area contributed by atoms with Crippen molar-refractivity contribution >= 4 is 11.6 Å². The number of H-pyrrole nitrogens is 1. The van der Waals surface area contributed by atoms with Gasteiger partial charge < -0.3 is 10.3 Å². The number of hydrogen-bond donors (Lipinski definition) is 2. The number of carbonyl (C=O) groups is 1. The molecule has 1 aliphatic carbocycles. The average Bonchev–Trinajstić information content (AvgIpc) is 2.95. The van der Waals surface area contributed by atoms with Gasteiger partial charge in [-0.15, -0.1) is 0 Å². The molecule has 4 nitrogen and oxygen atoms in total. The van der Waals surface area contributed by atoms with Crippen LogP contribution in [0.25, 0.3) is 0 Å². The SMILES string of the molecule is O=C(Nc1ccc(F)c(F)c1F)C1CCc2nc[nH]c2C1. The fraction of sp³-hybridized carbons (Fsp3) is 0.286. The Morgan fingerprint density at radius 3 is 2.90 bits per heavy atom. The third kappa shape index (κ3) is 2.51. The van der Waals surface area contributed by atoms with Crippen molar-refractivity contribution in [3.8, 4) is 0 Å². The first-order valence-electron chi connectivity index (χ1n) is 6.51. The summed E-state index contributed by atoms with van der Waals surface area (Å²) >= 11 is 0. The molecule has 1 aromatic heterocycles. The Labute approximate surface area is 118 Å². The molecule has 1 atom stereocenters. The molecule has 0 radical (unpaired) electrons. The predicted octanol–water partition coefficient (Wildman–Crippen LogP) is 2.57. The van der Waals surface area contributed by atoms with E-state index in [1.54, 1.807) is 6.33 Å². The lowest BCUT2D eigenvalue weighted by Crippen LogP contribution is -2.28. The summed E-state index contributed by atoms with van der Waals surface area (Å²) in [6.07, 6.45) is 3.26. The fourth-order valence-electron chi connectivity index (χ4n) is 2.48. The van der Waals surface area contributed by atoms with Crippen molar-refractivity contribution in [2.24, 2.45) is 5.92 Å². The molecule has 1 aliphatic rings. The molecule has 1 heterocycles. The van der Waals surface area contributed by atoms with Crippen LogP contribution in [0.4, 0.5) is 18.9 Å². The number of aromatic nitrogens is 2. The van der Waals surface area contributed by atoms with Gasteiger partial charge in [0, 0.05) is 18.0 Å². The number of anilines is 1. The minimum atomic E-state index is -1.59. The normalized spacial score (nSPS) is 17.4. The molecule has 1 unspecified atom stereocenters. The Morgan fingerprint density at radius 2 is 2.10 bits per heavy atom. The average molecular weight is 295 g/mol. The van der Waals surface area contributed by atoms with Crippen LogP contribution in [0, 0.1) is 23.4 Å². The number of rotatable bonds is 2. The van der Waals surface area contributed by atoms with Crippen LogP contribution >= 0.6 is 0 Å². The molecule has 110 valence electrons. The van der Waals surface area contributed by atoms with Crippen LogP contribution in [0.5, 0.6) is 0 Å². The number of amides is 1. The summed E-state index contributed by atoms with van der Waals surface area (Å²) < 4.78 is 39.5. The standard InChI is InChI=1S/C14H12F3N3O/c15-8-2-4-10(13(17)12(8)16)20-14(21)7-1-3-9-11(5-7)19-6-18-9/h2,4,6-7H,1,3,5H2,(H,18,19)(H,20,21). The van der Waals surface area contributed by atoms with Gasteiger partial charge in [0.05, 0.1) is 17.7 Å². The summed E-state index contributed by atoms with van der Waals surface area (Å²) in [5.41, 5.74) is 1.46. The Morgan fingerprint density at radius 1 is 1.29 bits per heavy atom. The summed E-state index contributed by atoms with van der Waals surface area (Å²) in [5.74, 6) is -5.04. The van der Waals surface area contributed by atoms with Gasteiger partial charge in [0.1, 0.15) is 0 Å². The fourth-order valence-corrected chi connectivity index (χ4v) is 2.48. The van der Waals surface area contributed by atoms with E-state index in [0.717, 1.165) is 23.5 Å². The Kier molecular flexibility index (Phi) is 3.40. The van der Waals surface area contributed by atoms with Crippen molar-refractivity contribution in [1.82, 2.24) is 9.97 Å². The van der Waals surface area contributed by atoms with E-state index in [1.807, 2.05) is 0 Å². The topological polar surface area (TPSA) is 57.8 Å². The van der Waals surface area contributed by atoms with Gasteiger partial charge >= 0.3 is 0 Å². The van der Waals surface area contributed by atoms with Crippen LogP contribution < -0.4 is 5.32 Å². The predicted molar refractivity (Wildman–Crippen MR) is 69.0 cm³/mol. The first-order valence-corrected chi connectivity index (χ1v) is 6.51. The van der Waals surface area contributed by atoms with Crippen molar-refractivity contribution in [3.05, 3.63) is 47.3 Å². The van der Waals surface area contributed by atoms with E-state index in [0.29, 0.717) is 19.3 Å². The number of carbonyl (C=O) groups excluding carboxylic acids is 1. The van der Waals surface area contributed by atoms with Gasteiger partial charge in [-0.2, -0.15) is 0 Å². The lowest BCUT2D eigenvalue weighted by Gasteiger charge is -2.20. The third-order valence-electron chi connectivity index (χ3n) is 3.65. The van der Waals surface area contributed by atoms with Gasteiger partial charge in [-0.1, -0.05) is 0 Å². The number of halogens is 3. The van der Waals surface area contributed by atoms with Gasteiger partial charge in [-0.3, -0.25) is 4.79 Å². The van der Waals surface area contributed by atoms with E-state index in [9.17, 15) is 18.0 Å². The molecule has 1 aromatic carbocycles. The van der Waals surface area contributed by atoms with Gasteiger partial charge in [0.15, 0.2) is 17.5 Å². The zero-order valence-electron chi connectivity index (χ0n) is 10.9. The van der Waals surface area contributed by atoms with Gasteiger partial charge in [-0.05, 0) is 25.0 Å². The number of nitrogens with one attached hydrogen (secondary N) is 2. The second kappa shape index (κ2) is 5.23. The van der Waals surface area contributed by atoms with E-state index < -0.39 is 23.4 Å². The molecule has 0 spiro atoms. The second-order valence-corrected chi connectivity index (χ2v) is 4.98. The van der Waals surface area contributed by atoms with E-state index in [2.05, 4.69) is 15.3 Å². The molecule has 2 N–H and O–H groups in total. The third-order valence-corrected chi connectivity index (χ3v) is 3.65. The molecule has 0 aliphatic heterocycles. The highest BCUT2D eigenvalue weighted by molar-refractivity contribution is 5.93. The monoisotopic (exact) mass is 295 g/mol. The van der Waals surface area contributed by atoms with Crippen molar-refractivity contribution in [1.29, 1.82) is 0 Å². The molecule has 3 rings (SSSR count). The van der Waals surface area contributed by atoms with E-state index in [4.69, 9.17) is 0 Å². The summed E-state index contributed by atoms with van der Waals surface area (Å²) in [7, 11) is 0. The van der Waals surface area contributed by atoms with E-state index in [1.165, 1.54) is 0 Å². The number of aromatic amines is 1. The zero-order valence-corrected chi connectivity index (χ0v) is 10.9. The summed E-state index contributed by atoms with van der Waals surface area (Å²) in [4.78, 5) is 19.2. The summed E-state index contributed by atoms with van der Waals surface area (Å²) in [5, 5.41) is 2.32. The lowest BCUT2D eigenvalue weighted by molar-refractivity contribution is -0.120. The summed E-state index contributed by atoms with van der Waals surface area (Å²) in [6, 6.07) is 1.79. The molecule has 21 heavy (non-hydrogen) atoms. The van der Waals surface area contributed by atoms with Crippen molar-refractivity contribution in [3.63, 3.8) is 0 Å². The van der Waals surface area contributed by atoms with E-state index in [-0.39, 0.29) is 11.6 Å². The highest BCUT2D eigenvalue weighted by Gasteiger charge is 2.27. The van der Waals surface area contributed by atoms with Crippen LogP contribution in [-0.4, -0.2) is 15.9 Å². The Balaban J connectivity index is 1.74. The van der Waals surface area contributed by atoms with Crippen LogP contribution in [0.15, 0.2) is 18.5 Å². The van der Waals surface area contributed by atoms with Crippen molar-refractivity contribution < 1.29 is 18.0 Å². The van der Waals surface area contributed by atoms with Crippen LogP contribution in [0.2, 0.25) is 0 Å². The molecule has 2 aromatic rings. The van der Waals surface area contributed by atoms with Gasteiger partial charge in [0.2, 0.25) is 5.91 Å². The lowest BCUT2D eigenvalue weighted by atomic mass is 9.89. The van der Waals surface area contributed by atoms with E-state index >= 15 is 0 Å². The second-order valence-electron chi connectivity index (χ2n) is 4.98. The van der Waals surface area contributed by atoms with Crippen LogP contribution in [-0.2, 0) is 17.6 Å². The van der Waals surface area contributed by atoms with Gasteiger partial charge in [-0.25, -0.2) is 18.2 Å². The maximum Gasteiger partial charge on any atom is 0.227 e. The Bertz CT molecular complexity index is 699. The number of hydrogen-bond acceptors (Lipinski definition) is 2. The maximum absolute atomic E-state index is 13.5. The molecular formula is C14H12F3N3O. The number of nitrogens with zero attached hydrogens (tertiary/aromatic N) is 1. The highest BCUT2D eigenvalue weighted by atomic mass is 19.2. The zero-order chi connectivity index (χ0) is 15.0. The van der Waals surface area contributed by atoms with Crippen molar-refractivity contribution in [2.45, 2.75) is 19.3 Å². The molecule has 0 saturated carbocycles. The molecule has 1 amide bonds. The summed E-state index contributed by atoms with van der Waals surface area (Å²) in [6.45, 7) is 0. The van der Waals surface area contributed by atoms with Crippen molar-refractivity contribution in [2.75, 3.05) is 5.32 Å². The molecular weight excluding hydrogens is 283 g/mol. The number of aryl methyl sites for hydroxylation is 1. The molecule has 0 bridgehead atoms. The number of imidazole rings is 1. The highest BCUT2D eigenvalue weighted by Crippen LogP contribution is 2.25. The van der Waals surface area contributed by atoms with Gasteiger partial charge in [0.25, 0.3) is 0 Å². The van der Waals surface area contributed by atoms with Crippen LogP contribution in [0.3, 0.4) is 0 Å². The number of benzene rings is 1. The quantitative estimate of drug-likeness (QED) is 0.837. The molecule has 0 saturated heterocycles. The smallest absolute Gasteiger partial charge is 0.227 e. The maximum atomic E-state index is 13.5. The minimum Gasteiger partial charge on any atom is -0.348 e. The largest absolute Gasteiger partial charge is 0.348 e. The first kappa shape index (κ1) is 13.7. The first-order chi connectivity index (χ1) is 10.1. The Hall–Kier alpha value is -2.31.